The van der Waals surface area contributed by atoms with E-state index in [-0.39, 0.29) is 18.0 Å². The van der Waals surface area contributed by atoms with Crippen LogP contribution in [0, 0.1) is 23.2 Å². The third kappa shape index (κ3) is 3.12. The molecule has 1 saturated carbocycles. The lowest BCUT2D eigenvalue weighted by molar-refractivity contribution is -0.141. The van der Waals surface area contributed by atoms with Crippen LogP contribution in [0.3, 0.4) is 0 Å². The Hall–Kier alpha value is -1.77. The number of aliphatic carboxylic acids is 1. The minimum atomic E-state index is -0.917. The van der Waals surface area contributed by atoms with Gasteiger partial charge in [0.1, 0.15) is 6.04 Å². The standard InChI is InChI=1S/C15H23N3O3/c1-10(8-16)9-17(2)15(21)18-12-6-4-3-5-11(12)7-13(18)14(19)20/h10-13H,3-7,9H2,1-2H3,(H,19,20). The lowest BCUT2D eigenvalue weighted by Crippen LogP contribution is -2.51. The van der Waals surface area contributed by atoms with Crippen molar-refractivity contribution >= 4 is 12.0 Å². The lowest BCUT2D eigenvalue weighted by atomic mass is 9.85. The summed E-state index contributed by atoms with van der Waals surface area (Å²) in [6.07, 6.45) is 4.64. The number of hydrogen-bond donors (Lipinski definition) is 1. The van der Waals surface area contributed by atoms with Crippen LogP contribution in [0.1, 0.15) is 39.0 Å². The van der Waals surface area contributed by atoms with E-state index < -0.39 is 12.0 Å². The number of rotatable bonds is 3. The van der Waals surface area contributed by atoms with Gasteiger partial charge >= 0.3 is 12.0 Å². The minimum absolute atomic E-state index is 0.0483. The van der Waals surface area contributed by atoms with E-state index >= 15 is 0 Å². The molecule has 1 aliphatic heterocycles. The zero-order valence-electron chi connectivity index (χ0n) is 12.7. The number of likely N-dealkylation sites (tertiary alicyclic amines) is 1. The molecule has 0 radical (unpaired) electrons. The van der Waals surface area contributed by atoms with E-state index in [0.29, 0.717) is 18.9 Å². The van der Waals surface area contributed by atoms with Crippen molar-refractivity contribution in [3.63, 3.8) is 0 Å². The summed E-state index contributed by atoms with van der Waals surface area (Å²) in [5.74, 6) is -0.864. The van der Waals surface area contributed by atoms with Gasteiger partial charge < -0.3 is 14.9 Å². The SMILES string of the molecule is CC(C#N)CN(C)C(=O)N1C(C(=O)O)CC2CCCCC21. The molecule has 0 spiro atoms. The molecule has 6 heteroatoms. The van der Waals surface area contributed by atoms with Gasteiger partial charge in [-0.3, -0.25) is 0 Å². The topological polar surface area (TPSA) is 84.6 Å². The zero-order chi connectivity index (χ0) is 15.6. The highest BCUT2D eigenvalue weighted by Crippen LogP contribution is 2.40. The largest absolute Gasteiger partial charge is 0.480 e. The van der Waals surface area contributed by atoms with Crippen molar-refractivity contribution in [1.29, 1.82) is 5.26 Å². The Morgan fingerprint density at radius 2 is 2.10 bits per heavy atom. The average molecular weight is 293 g/mol. The van der Waals surface area contributed by atoms with Gasteiger partial charge in [0, 0.05) is 19.6 Å². The molecule has 1 heterocycles. The number of carbonyl (C=O) groups excluding carboxylic acids is 1. The first-order chi connectivity index (χ1) is 9.95. The Morgan fingerprint density at radius 1 is 1.43 bits per heavy atom. The number of carboxylic acids is 1. The van der Waals surface area contributed by atoms with Gasteiger partial charge in [0.05, 0.1) is 12.0 Å². The lowest BCUT2D eigenvalue weighted by Gasteiger charge is -2.35. The summed E-state index contributed by atoms with van der Waals surface area (Å²) < 4.78 is 0. The minimum Gasteiger partial charge on any atom is -0.480 e. The predicted octanol–water partition coefficient (Wildman–Crippen LogP) is 1.92. The molecule has 1 saturated heterocycles. The quantitative estimate of drug-likeness (QED) is 0.861. The van der Waals surface area contributed by atoms with E-state index in [1.165, 1.54) is 4.90 Å². The highest BCUT2D eigenvalue weighted by atomic mass is 16.4. The first-order valence-electron chi connectivity index (χ1n) is 7.61. The maximum atomic E-state index is 12.6. The van der Waals surface area contributed by atoms with Gasteiger partial charge in [0.15, 0.2) is 0 Å². The van der Waals surface area contributed by atoms with E-state index in [9.17, 15) is 14.7 Å². The maximum absolute atomic E-state index is 12.6. The average Bonchev–Trinajstić information content (AvgIpc) is 2.85. The third-order valence-corrected chi connectivity index (χ3v) is 4.69. The molecular weight excluding hydrogens is 270 g/mol. The van der Waals surface area contributed by atoms with Gasteiger partial charge in [-0.25, -0.2) is 9.59 Å². The van der Waals surface area contributed by atoms with Crippen molar-refractivity contribution in [2.75, 3.05) is 13.6 Å². The Balaban J connectivity index is 2.15. The van der Waals surface area contributed by atoms with Crippen LogP contribution in [-0.2, 0) is 4.79 Å². The summed E-state index contributed by atoms with van der Waals surface area (Å²) in [6.45, 7) is 2.08. The molecule has 4 atom stereocenters. The molecule has 2 aliphatic rings. The molecule has 2 fully saturated rings. The molecule has 21 heavy (non-hydrogen) atoms. The van der Waals surface area contributed by atoms with Gasteiger partial charge in [0.25, 0.3) is 0 Å². The van der Waals surface area contributed by atoms with Crippen LogP contribution in [0.2, 0.25) is 0 Å². The summed E-state index contributed by atoms with van der Waals surface area (Å²) in [5.41, 5.74) is 0. The van der Waals surface area contributed by atoms with Gasteiger partial charge in [-0.1, -0.05) is 12.8 Å². The van der Waals surface area contributed by atoms with Crippen molar-refractivity contribution < 1.29 is 14.7 Å². The van der Waals surface area contributed by atoms with E-state index in [4.69, 9.17) is 5.26 Å². The normalized spacial score (nSPS) is 29.4. The third-order valence-electron chi connectivity index (χ3n) is 4.69. The molecule has 6 nitrogen and oxygen atoms in total. The molecule has 0 aromatic rings. The summed E-state index contributed by atoms with van der Waals surface area (Å²) in [6, 6.07) is 1.18. The van der Waals surface area contributed by atoms with Crippen molar-refractivity contribution in [3.05, 3.63) is 0 Å². The van der Waals surface area contributed by atoms with Gasteiger partial charge in [-0.2, -0.15) is 5.26 Å². The summed E-state index contributed by atoms with van der Waals surface area (Å²) in [7, 11) is 1.64. The van der Waals surface area contributed by atoms with Crippen LogP contribution in [-0.4, -0.2) is 52.6 Å². The van der Waals surface area contributed by atoms with Crippen LogP contribution in [0.15, 0.2) is 0 Å². The molecule has 116 valence electrons. The van der Waals surface area contributed by atoms with Crippen LogP contribution in [0.5, 0.6) is 0 Å². The monoisotopic (exact) mass is 293 g/mol. The molecular formula is C15H23N3O3. The fourth-order valence-corrected chi connectivity index (χ4v) is 3.68. The molecule has 0 aromatic carbocycles. The van der Waals surface area contributed by atoms with E-state index in [1.807, 2.05) is 0 Å². The highest BCUT2D eigenvalue weighted by molar-refractivity contribution is 5.83. The van der Waals surface area contributed by atoms with Gasteiger partial charge in [0.2, 0.25) is 0 Å². The number of carboxylic acid groups (broad SMARTS) is 1. The van der Waals surface area contributed by atoms with Crippen LogP contribution in [0.4, 0.5) is 4.79 Å². The molecule has 2 amide bonds. The number of fused-ring (bicyclic) bond motifs is 1. The number of hydrogen-bond acceptors (Lipinski definition) is 3. The number of urea groups is 1. The van der Waals surface area contributed by atoms with Crippen LogP contribution < -0.4 is 0 Å². The molecule has 0 bridgehead atoms. The first kappa shape index (κ1) is 15.6. The number of nitrogens with zero attached hydrogens (tertiary/aromatic N) is 3. The van der Waals surface area contributed by atoms with Crippen LogP contribution >= 0.6 is 0 Å². The number of carbonyl (C=O) groups is 2. The fraction of sp³-hybridized carbons (Fsp3) is 0.800. The molecule has 1 N–H and O–H groups in total. The Kier molecular flexibility index (Phi) is 4.71. The first-order valence-corrected chi connectivity index (χ1v) is 7.61. The maximum Gasteiger partial charge on any atom is 0.326 e. The number of amides is 2. The highest BCUT2D eigenvalue weighted by Gasteiger charge is 2.48. The Bertz CT molecular complexity index is 460. The van der Waals surface area contributed by atoms with E-state index in [0.717, 1.165) is 25.7 Å². The summed E-state index contributed by atoms with van der Waals surface area (Å²) in [4.78, 5) is 27.2. The smallest absolute Gasteiger partial charge is 0.326 e. The van der Waals surface area contributed by atoms with Gasteiger partial charge in [-0.05, 0) is 32.1 Å². The second-order valence-electron chi connectivity index (χ2n) is 6.30. The van der Waals surface area contributed by atoms with E-state index in [1.54, 1.807) is 18.9 Å². The second-order valence-corrected chi connectivity index (χ2v) is 6.30. The van der Waals surface area contributed by atoms with Crippen LogP contribution in [0.25, 0.3) is 0 Å². The summed E-state index contributed by atoms with van der Waals surface area (Å²) in [5, 5.41) is 18.3. The van der Waals surface area contributed by atoms with Crippen molar-refractivity contribution in [2.45, 2.75) is 51.1 Å². The van der Waals surface area contributed by atoms with Gasteiger partial charge in [-0.15, -0.1) is 0 Å². The Labute approximate surface area is 125 Å². The Morgan fingerprint density at radius 3 is 2.71 bits per heavy atom. The fourth-order valence-electron chi connectivity index (χ4n) is 3.68. The number of nitriles is 1. The molecule has 2 rings (SSSR count). The molecule has 0 aromatic heterocycles. The van der Waals surface area contributed by atoms with E-state index in [2.05, 4.69) is 6.07 Å². The van der Waals surface area contributed by atoms with Crippen molar-refractivity contribution in [1.82, 2.24) is 9.80 Å². The molecule has 1 aliphatic carbocycles. The zero-order valence-corrected chi connectivity index (χ0v) is 12.7. The predicted molar refractivity (Wildman–Crippen MR) is 76.4 cm³/mol. The second kappa shape index (κ2) is 6.33. The summed E-state index contributed by atoms with van der Waals surface area (Å²) >= 11 is 0. The molecule has 4 unspecified atom stereocenters. The van der Waals surface area contributed by atoms with Crippen molar-refractivity contribution in [3.8, 4) is 6.07 Å². The van der Waals surface area contributed by atoms with Crippen molar-refractivity contribution in [2.24, 2.45) is 11.8 Å².